The van der Waals surface area contributed by atoms with Crippen LogP contribution in [0, 0.1) is 46.3 Å². The molecule has 0 spiro atoms. The van der Waals surface area contributed by atoms with Gasteiger partial charge < -0.3 is 4.74 Å². The van der Waals surface area contributed by atoms with Gasteiger partial charge in [-0.25, -0.2) is 0 Å². The summed E-state index contributed by atoms with van der Waals surface area (Å²) < 4.78 is 5.92. The molecule has 2 nitrogen and oxygen atoms in total. The summed E-state index contributed by atoms with van der Waals surface area (Å²) in [5.41, 5.74) is 2.49. The third-order valence-corrected chi connectivity index (χ3v) is 12.2. The van der Waals surface area contributed by atoms with Crippen molar-refractivity contribution in [2.45, 2.75) is 130 Å². The Bertz CT molecular complexity index is 759. The predicted octanol–water partition coefficient (Wildman–Crippen LogP) is 9.11. The quantitative estimate of drug-likeness (QED) is 0.176. The van der Waals surface area contributed by atoms with Crippen LogP contribution in [-0.2, 0) is 9.53 Å². The fraction of sp³-hybridized carbons (Fsp3) is 0.903. The number of fused-ring (bicyclic) bond motifs is 5. The molecule has 4 aliphatic carbocycles. The van der Waals surface area contributed by atoms with Crippen LogP contribution < -0.4 is 0 Å². The summed E-state index contributed by atoms with van der Waals surface area (Å²) in [7, 11) is 0. The SMILES string of the molecule is CCC(Br)C(=O)O[C@H]1CC[C@@]2(C)C(=CC[C@H]3[C@@H]4CC[C@H]([C@H](C)CCCC(C)C)[C@@]4(C)CC[C@@H]32)C1. The number of carbonyl (C=O) groups excluding carboxylic acids is 1. The van der Waals surface area contributed by atoms with Crippen molar-refractivity contribution in [1.29, 1.82) is 0 Å². The van der Waals surface area contributed by atoms with E-state index in [1.807, 2.05) is 6.92 Å². The summed E-state index contributed by atoms with van der Waals surface area (Å²) >= 11 is 3.47. The van der Waals surface area contributed by atoms with Crippen LogP contribution in [0.15, 0.2) is 11.6 Å². The van der Waals surface area contributed by atoms with E-state index >= 15 is 0 Å². The first-order valence-corrected chi connectivity index (χ1v) is 15.6. The summed E-state index contributed by atoms with van der Waals surface area (Å²) in [6.45, 7) is 14.6. The Morgan fingerprint density at radius 2 is 1.85 bits per heavy atom. The highest BCUT2D eigenvalue weighted by atomic mass is 79.9. The van der Waals surface area contributed by atoms with E-state index in [1.54, 1.807) is 5.57 Å². The molecular formula is C31H51BrO2. The maximum atomic E-state index is 12.4. The molecule has 4 rings (SSSR count). The molecule has 0 N–H and O–H groups in total. The minimum atomic E-state index is -0.162. The highest BCUT2D eigenvalue weighted by molar-refractivity contribution is 9.10. The van der Waals surface area contributed by atoms with Gasteiger partial charge in [-0.3, -0.25) is 4.79 Å². The van der Waals surface area contributed by atoms with Gasteiger partial charge in [-0.15, -0.1) is 0 Å². The maximum Gasteiger partial charge on any atom is 0.319 e. The lowest BCUT2D eigenvalue weighted by molar-refractivity contribution is -0.150. The van der Waals surface area contributed by atoms with Gasteiger partial charge >= 0.3 is 5.97 Å². The van der Waals surface area contributed by atoms with Gasteiger partial charge in [0.25, 0.3) is 0 Å². The fourth-order valence-electron chi connectivity index (χ4n) is 9.16. The Labute approximate surface area is 218 Å². The number of carbonyl (C=O) groups is 1. The van der Waals surface area contributed by atoms with E-state index in [0.717, 1.165) is 54.8 Å². The Balaban J connectivity index is 1.43. The van der Waals surface area contributed by atoms with Gasteiger partial charge in [0.15, 0.2) is 0 Å². The number of rotatable bonds is 8. The number of ether oxygens (including phenoxy) is 1. The molecule has 0 radical (unpaired) electrons. The number of esters is 1. The van der Waals surface area contributed by atoms with Gasteiger partial charge in [-0.05, 0) is 97.7 Å². The average molecular weight is 536 g/mol. The highest BCUT2D eigenvalue weighted by Crippen LogP contribution is 2.67. The summed E-state index contributed by atoms with van der Waals surface area (Å²) in [4.78, 5) is 12.2. The van der Waals surface area contributed by atoms with Crippen molar-refractivity contribution in [2.75, 3.05) is 0 Å². The van der Waals surface area contributed by atoms with Gasteiger partial charge in [0, 0.05) is 6.42 Å². The van der Waals surface area contributed by atoms with Crippen molar-refractivity contribution in [3.63, 3.8) is 0 Å². The molecular weight excluding hydrogens is 484 g/mol. The van der Waals surface area contributed by atoms with Crippen LogP contribution in [0.25, 0.3) is 0 Å². The van der Waals surface area contributed by atoms with Gasteiger partial charge in [0.05, 0.1) is 0 Å². The van der Waals surface area contributed by atoms with Gasteiger partial charge in [0.2, 0.25) is 0 Å². The maximum absolute atomic E-state index is 12.4. The number of halogens is 1. The molecule has 0 bridgehead atoms. The smallest absolute Gasteiger partial charge is 0.319 e. The largest absolute Gasteiger partial charge is 0.461 e. The Morgan fingerprint density at radius 1 is 1.09 bits per heavy atom. The molecule has 3 saturated carbocycles. The molecule has 1 unspecified atom stereocenters. The van der Waals surface area contributed by atoms with E-state index in [0.29, 0.717) is 10.8 Å². The lowest BCUT2D eigenvalue weighted by atomic mass is 9.47. The van der Waals surface area contributed by atoms with Gasteiger partial charge in [-0.1, -0.05) is 88.4 Å². The Hall–Kier alpha value is -0.310. The zero-order valence-electron chi connectivity index (χ0n) is 22.9. The molecule has 4 aliphatic rings. The van der Waals surface area contributed by atoms with Crippen LogP contribution in [0.1, 0.15) is 119 Å². The zero-order chi connectivity index (χ0) is 24.7. The van der Waals surface area contributed by atoms with E-state index in [4.69, 9.17) is 4.74 Å². The summed E-state index contributed by atoms with van der Waals surface area (Å²) in [5.74, 6) is 5.18. The normalized spacial score (nSPS) is 41.2. The summed E-state index contributed by atoms with van der Waals surface area (Å²) in [6.07, 6.45) is 17.9. The summed E-state index contributed by atoms with van der Waals surface area (Å²) in [5, 5.41) is 0. The second kappa shape index (κ2) is 10.6. The average Bonchev–Trinajstić information content (AvgIpc) is 3.15. The molecule has 0 aromatic rings. The van der Waals surface area contributed by atoms with Crippen molar-refractivity contribution >= 4 is 21.9 Å². The van der Waals surface area contributed by atoms with Gasteiger partial charge in [0.1, 0.15) is 10.9 Å². The van der Waals surface area contributed by atoms with Crippen molar-refractivity contribution in [3.8, 4) is 0 Å². The molecule has 194 valence electrons. The van der Waals surface area contributed by atoms with E-state index < -0.39 is 0 Å². The predicted molar refractivity (Wildman–Crippen MR) is 146 cm³/mol. The van der Waals surface area contributed by atoms with E-state index in [1.165, 1.54) is 57.8 Å². The van der Waals surface area contributed by atoms with Crippen LogP contribution >= 0.6 is 15.9 Å². The topological polar surface area (TPSA) is 26.3 Å². The summed E-state index contributed by atoms with van der Waals surface area (Å²) in [6, 6.07) is 0. The van der Waals surface area contributed by atoms with Crippen LogP contribution in [0.3, 0.4) is 0 Å². The number of hydrogen-bond acceptors (Lipinski definition) is 2. The molecule has 3 fully saturated rings. The molecule has 0 saturated heterocycles. The molecule has 0 aliphatic heterocycles. The molecule has 0 aromatic carbocycles. The second-order valence-electron chi connectivity index (χ2n) is 13.5. The first-order valence-electron chi connectivity index (χ1n) is 14.6. The Morgan fingerprint density at radius 3 is 2.56 bits per heavy atom. The minimum absolute atomic E-state index is 0.0710. The third kappa shape index (κ3) is 4.95. The molecule has 9 atom stereocenters. The van der Waals surface area contributed by atoms with E-state index in [-0.39, 0.29) is 16.9 Å². The zero-order valence-corrected chi connectivity index (χ0v) is 24.5. The second-order valence-corrected chi connectivity index (χ2v) is 14.6. The van der Waals surface area contributed by atoms with Crippen molar-refractivity contribution < 1.29 is 9.53 Å². The first-order chi connectivity index (χ1) is 16.1. The molecule has 34 heavy (non-hydrogen) atoms. The standard InChI is InChI=1S/C31H51BrO2/c1-7-28(32)29(33)34-23-15-17-30(5)22(19-23)11-12-24-26-14-13-25(21(4)10-8-9-20(2)3)31(26,6)18-16-27(24)30/h11,20-21,23-28H,7-10,12-19H2,1-6H3/t21-,23+,24+,25-,26+,27+,28?,30+,31-/m1/s1. The molecule has 0 aromatic heterocycles. The number of alkyl halides is 1. The number of allylic oxidation sites excluding steroid dienone is 1. The van der Waals surface area contributed by atoms with Crippen LogP contribution in [0.4, 0.5) is 0 Å². The molecule has 0 amide bonds. The number of hydrogen-bond donors (Lipinski definition) is 0. The lowest BCUT2D eigenvalue weighted by Crippen LogP contribution is -2.51. The third-order valence-electron chi connectivity index (χ3n) is 11.2. The van der Waals surface area contributed by atoms with Crippen LogP contribution in [-0.4, -0.2) is 16.9 Å². The van der Waals surface area contributed by atoms with Crippen molar-refractivity contribution in [3.05, 3.63) is 11.6 Å². The lowest BCUT2D eigenvalue weighted by Gasteiger charge is -2.58. The van der Waals surface area contributed by atoms with E-state index in [2.05, 4.69) is 56.6 Å². The van der Waals surface area contributed by atoms with Crippen molar-refractivity contribution in [1.82, 2.24) is 0 Å². The molecule has 0 heterocycles. The van der Waals surface area contributed by atoms with Crippen LogP contribution in [0.5, 0.6) is 0 Å². The van der Waals surface area contributed by atoms with Crippen LogP contribution in [0.2, 0.25) is 0 Å². The first kappa shape index (κ1) is 26.7. The minimum Gasteiger partial charge on any atom is -0.461 e. The monoisotopic (exact) mass is 534 g/mol. The molecule has 3 heteroatoms. The van der Waals surface area contributed by atoms with E-state index in [9.17, 15) is 4.79 Å². The van der Waals surface area contributed by atoms with Crippen molar-refractivity contribution in [2.24, 2.45) is 46.3 Å². The Kier molecular flexibility index (Phi) is 8.33. The fourth-order valence-corrected chi connectivity index (χ4v) is 9.27. The highest BCUT2D eigenvalue weighted by Gasteiger charge is 2.59. The van der Waals surface area contributed by atoms with Gasteiger partial charge in [-0.2, -0.15) is 0 Å².